The summed E-state index contributed by atoms with van der Waals surface area (Å²) in [5.74, 6) is 3.13. The predicted molar refractivity (Wildman–Crippen MR) is 87.2 cm³/mol. The van der Waals surface area contributed by atoms with Crippen molar-refractivity contribution >= 4 is 0 Å². The Hall–Kier alpha value is -0.860. The molecule has 1 aromatic rings. The summed E-state index contributed by atoms with van der Waals surface area (Å²) in [6.45, 7) is 7.22. The lowest BCUT2D eigenvalue weighted by atomic mass is 9.88. The second-order valence-corrected chi connectivity index (χ2v) is 7.70. The molecule has 1 atom stereocenters. The maximum absolute atomic E-state index is 3.76. The third-order valence-corrected chi connectivity index (χ3v) is 5.82. The van der Waals surface area contributed by atoms with Crippen molar-refractivity contribution in [1.29, 1.82) is 0 Å². The van der Waals surface area contributed by atoms with E-state index in [1.54, 1.807) is 0 Å². The molecule has 0 radical (unpaired) electrons. The molecule has 2 aliphatic carbocycles. The van der Waals surface area contributed by atoms with E-state index >= 15 is 0 Å². The number of piperazine rings is 1. The Morgan fingerprint density at radius 2 is 1.81 bits per heavy atom. The molecule has 21 heavy (non-hydrogen) atoms. The molecule has 3 aliphatic rings. The fourth-order valence-electron chi connectivity index (χ4n) is 4.26. The minimum atomic E-state index is 0.122. The maximum Gasteiger partial charge on any atom is 0.0535 e. The van der Waals surface area contributed by atoms with Crippen LogP contribution >= 0.6 is 0 Å². The highest BCUT2D eigenvalue weighted by atomic mass is 15.2. The normalized spacial score (nSPS) is 30.8. The average molecular weight is 284 g/mol. The van der Waals surface area contributed by atoms with Gasteiger partial charge in [0.2, 0.25) is 0 Å². The zero-order valence-corrected chi connectivity index (χ0v) is 13.2. The molecule has 0 amide bonds. The van der Waals surface area contributed by atoms with Gasteiger partial charge < -0.3 is 5.32 Å². The molecule has 0 spiro atoms. The van der Waals surface area contributed by atoms with Gasteiger partial charge in [-0.25, -0.2) is 0 Å². The summed E-state index contributed by atoms with van der Waals surface area (Å²) in [7, 11) is 0. The minimum Gasteiger partial charge on any atom is -0.305 e. The third kappa shape index (κ3) is 3.02. The lowest BCUT2D eigenvalue weighted by Crippen LogP contribution is -2.57. The molecular weight excluding hydrogens is 256 g/mol. The largest absolute Gasteiger partial charge is 0.305 e. The lowest BCUT2D eigenvalue weighted by Gasteiger charge is -2.43. The Balaban J connectivity index is 1.45. The molecule has 4 rings (SSSR count). The van der Waals surface area contributed by atoms with Gasteiger partial charge in [-0.1, -0.05) is 30.3 Å². The first-order chi connectivity index (χ1) is 10.2. The molecule has 3 fully saturated rings. The smallest absolute Gasteiger partial charge is 0.0535 e. The molecule has 2 saturated carbocycles. The van der Waals surface area contributed by atoms with E-state index in [4.69, 9.17) is 0 Å². The maximum atomic E-state index is 3.76. The van der Waals surface area contributed by atoms with Gasteiger partial charge in [-0.15, -0.1) is 0 Å². The van der Waals surface area contributed by atoms with E-state index in [0.717, 1.165) is 30.8 Å². The third-order valence-electron chi connectivity index (χ3n) is 5.82. The standard InChI is InChI=1S/C19H28N2/c1-19(17-5-3-2-4-6-17)14-21(12-11-20-19)13-18(15-7-8-15)16-9-10-16/h2-6,15-16,18,20H,7-14H2,1H3. The number of nitrogens with one attached hydrogen (secondary N) is 1. The van der Waals surface area contributed by atoms with E-state index < -0.39 is 0 Å². The zero-order chi connectivity index (χ0) is 14.3. The Morgan fingerprint density at radius 3 is 2.43 bits per heavy atom. The molecule has 1 saturated heterocycles. The van der Waals surface area contributed by atoms with Gasteiger partial charge in [-0.3, -0.25) is 4.90 Å². The molecule has 1 unspecified atom stereocenters. The summed E-state index contributed by atoms with van der Waals surface area (Å²) in [6, 6.07) is 11.0. The Bertz CT molecular complexity index is 466. The van der Waals surface area contributed by atoms with Crippen LogP contribution < -0.4 is 5.32 Å². The zero-order valence-electron chi connectivity index (χ0n) is 13.2. The summed E-state index contributed by atoms with van der Waals surface area (Å²) in [4.78, 5) is 2.74. The van der Waals surface area contributed by atoms with Crippen LogP contribution in [0.25, 0.3) is 0 Å². The fraction of sp³-hybridized carbons (Fsp3) is 0.684. The molecule has 1 aliphatic heterocycles. The SMILES string of the molecule is CC1(c2ccccc2)CN(CC(C2CC2)C2CC2)CCN1. The van der Waals surface area contributed by atoms with Gasteiger partial charge in [0.15, 0.2) is 0 Å². The van der Waals surface area contributed by atoms with Gasteiger partial charge in [-0.05, 0) is 55.9 Å². The quantitative estimate of drug-likeness (QED) is 0.893. The summed E-state index contributed by atoms with van der Waals surface area (Å²) in [5.41, 5.74) is 1.56. The van der Waals surface area contributed by atoms with Crippen LogP contribution in [0, 0.1) is 17.8 Å². The predicted octanol–water partition coefficient (Wildman–Crippen LogP) is 3.24. The van der Waals surface area contributed by atoms with Gasteiger partial charge in [0.1, 0.15) is 0 Å². The first kappa shape index (κ1) is 13.8. The van der Waals surface area contributed by atoms with Crippen molar-refractivity contribution in [1.82, 2.24) is 10.2 Å². The van der Waals surface area contributed by atoms with E-state index in [9.17, 15) is 0 Å². The molecule has 1 N–H and O–H groups in total. The second-order valence-electron chi connectivity index (χ2n) is 7.70. The van der Waals surface area contributed by atoms with Crippen LogP contribution in [0.15, 0.2) is 30.3 Å². The number of nitrogens with zero attached hydrogens (tertiary/aromatic N) is 1. The molecule has 2 heteroatoms. The monoisotopic (exact) mass is 284 g/mol. The highest BCUT2D eigenvalue weighted by Crippen LogP contribution is 2.49. The van der Waals surface area contributed by atoms with Crippen LogP contribution in [-0.4, -0.2) is 31.1 Å². The van der Waals surface area contributed by atoms with E-state index in [-0.39, 0.29) is 5.54 Å². The molecule has 0 bridgehead atoms. The van der Waals surface area contributed by atoms with Crippen LogP contribution in [0.4, 0.5) is 0 Å². The molecular formula is C19H28N2. The van der Waals surface area contributed by atoms with E-state index in [0.29, 0.717) is 0 Å². The summed E-state index contributed by atoms with van der Waals surface area (Å²) in [5, 5.41) is 3.76. The molecule has 2 nitrogen and oxygen atoms in total. The molecule has 0 aromatic heterocycles. The highest BCUT2D eigenvalue weighted by molar-refractivity contribution is 5.24. The lowest BCUT2D eigenvalue weighted by molar-refractivity contribution is 0.114. The average Bonchev–Trinajstić information content (AvgIpc) is 3.40. The Kier molecular flexibility index (Phi) is 3.55. The molecule has 1 heterocycles. The number of benzene rings is 1. The van der Waals surface area contributed by atoms with Crippen molar-refractivity contribution in [2.45, 2.75) is 38.1 Å². The van der Waals surface area contributed by atoms with E-state index in [2.05, 4.69) is 47.5 Å². The first-order valence-electron chi connectivity index (χ1n) is 8.77. The van der Waals surface area contributed by atoms with Crippen molar-refractivity contribution in [3.63, 3.8) is 0 Å². The van der Waals surface area contributed by atoms with Crippen molar-refractivity contribution in [3.05, 3.63) is 35.9 Å². The topological polar surface area (TPSA) is 15.3 Å². The summed E-state index contributed by atoms with van der Waals surface area (Å²) in [6.07, 6.45) is 6.01. The highest BCUT2D eigenvalue weighted by Gasteiger charge is 2.43. The van der Waals surface area contributed by atoms with E-state index in [1.807, 2.05) is 0 Å². The van der Waals surface area contributed by atoms with E-state index in [1.165, 1.54) is 44.3 Å². The molecule has 1 aromatic carbocycles. The van der Waals surface area contributed by atoms with Crippen LogP contribution in [0.5, 0.6) is 0 Å². The van der Waals surface area contributed by atoms with Gasteiger partial charge >= 0.3 is 0 Å². The van der Waals surface area contributed by atoms with Gasteiger partial charge in [0.25, 0.3) is 0 Å². The van der Waals surface area contributed by atoms with Crippen LogP contribution in [0.1, 0.15) is 38.2 Å². The summed E-state index contributed by atoms with van der Waals surface area (Å²) >= 11 is 0. The van der Waals surface area contributed by atoms with Gasteiger partial charge in [0.05, 0.1) is 5.54 Å². The van der Waals surface area contributed by atoms with Crippen molar-refractivity contribution in [3.8, 4) is 0 Å². The summed E-state index contributed by atoms with van der Waals surface area (Å²) < 4.78 is 0. The minimum absolute atomic E-state index is 0.122. The van der Waals surface area contributed by atoms with Gasteiger partial charge in [-0.2, -0.15) is 0 Å². The Morgan fingerprint density at radius 1 is 1.14 bits per heavy atom. The van der Waals surface area contributed by atoms with Crippen molar-refractivity contribution in [2.75, 3.05) is 26.2 Å². The van der Waals surface area contributed by atoms with Crippen LogP contribution in [0.3, 0.4) is 0 Å². The molecule has 114 valence electrons. The number of hydrogen-bond acceptors (Lipinski definition) is 2. The van der Waals surface area contributed by atoms with Crippen molar-refractivity contribution < 1.29 is 0 Å². The van der Waals surface area contributed by atoms with Crippen LogP contribution in [0.2, 0.25) is 0 Å². The van der Waals surface area contributed by atoms with Crippen molar-refractivity contribution in [2.24, 2.45) is 17.8 Å². The second kappa shape index (κ2) is 5.40. The Labute approximate surface area is 128 Å². The number of hydrogen-bond donors (Lipinski definition) is 1. The van der Waals surface area contributed by atoms with Crippen LogP contribution in [-0.2, 0) is 5.54 Å². The first-order valence-corrected chi connectivity index (χ1v) is 8.77. The number of rotatable bonds is 5. The fourth-order valence-corrected chi connectivity index (χ4v) is 4.26. The van der Waals surface area contributed by atoms with Gasteiger partial charge in [0, 0.05) is 26.2 Å².